The molecule has 3 aromatic heterocycles. The van der Waals surface area contributed by atoms with Gasteiger partial charge in [0.1, 0.15) is 0 Å². The molecule has 0 fully saturated rings. The molecule has 0 saturated carbocycles. The van der Waals surface area contributed by atoms with Gasteiger partial charge in [-0.2, -0.15) is 9.40 Å². The van der Waals surface area contributed by atoms with Crippen molar-refractivity contribution in [1.29, 1.82) is 0 Å². The predicted octanol–water partition coefficient (Wildman–Crippen LogP) is 1.16. The molecule has 112 valence electrons. The first-order valence-electron chi connectivity index (χ1n) is 6.75. The van der Waals surface area contributed by atoms with Crippen molar-refractivity contribution in [2.24, 2.45) is 0 Å². The molecule has 4 rings (SSSR count). The summed E-state index contributed by atoms with van der Waals surface area (Å²) < 4.78 is 24.8. The average Bonchev–Trinajstić information content (AvgIpc) is 3.15. The smallest absolute Gasteiger partial charge is 0.211 e. The van der Waals surface area contributed by atoms with Crippen LogP contribution < -0.4 is 0 Å². The van der Waals surface area contributed by atoms with Crippen LogP contribution in [-0.4, -0.2) is 52.2 Å². The van der Waals surface area contributed by atoms with Gasteiger partial charge in [-0.15, -0.1) is 0 Å². The summed E-state index contributed by atoms with van der Waals surface area (Å²) in [4.78, 5) is 8.50. The molecule has 3 aromatic rings. The number of hydrogen-bond donors (Lipinski definition) is 1. The van der Waals surface area contributed by atoms with Gasteiger partial charge in [-0.3, -0.25) is 5.10 Å². The molecule has 0 spiro atoms. The third-order valence-electron chi connectivity index (χ3n) is 3.88. The van der Waals surface area contributed by atoms with Crippen LogP contribution in [0.3, 0.4) is 0 Å². The number of fused-ring (bicyclic) bond motifs is 3. The monoisotopic (exact) mass is 315 g/mol. The fourth-order valence-corrected chi connectivity index (χ4v) is 3.51. The average molecular weight is 315 g/mol. The van der Waals surface area contributed by atoms with Gasteiger partial charge in [0.25, 0.3) is 0 Å². The number of aromatic nitrogens is 4. The first kappa shape index (κ1) is 13.4. The Labute approximate surface area is 126 Å². The number of pyridine rings is 1. The van der Waals surface area contributed by atoms with Crippen molar-refractivity contribution in [3.63, 3.8) is 0 Å². The maximum Gasteiger partial charge on any atom is 0.211 e. The van der Waals surface area contributed by atoms with Crippen LogP contribution in [0.5, 0.6) is 0 Å². The van der Waals surface area contributed by atoms with Gasteiger partial charge in [-0.25, -0.2) is 18.4 Å². The van der Waals surface area contributed by atoms with E-state index >= 15 is 0 Å². The second-order valence-electron chi connectivity index (χ2n) is 5.30. The summed E-state index contributed by atoms with van der Waals surface area (Å²) in [5.41, 5.74) is 3.34. The highest BCUT2D eigenvalue weighted by Gasteiger charge is 2.24. The van der Waals surface area contributed by atoms with Gasteiger partial charge in [0, 0.05) is 35.6 Å². The SMILES string of the molecule is CS(=O)(=O)N1CC=C(c2cn[nH]c3cnc4nccc4c23)C1. The Morgan fingerprint density at radius 1 is 1.27 bits per heavy atom. The van der Waals surface area contributed by atoms with Crippen molar-refractivity contribution in [1.82, 2.24) is 24.5 Å². The quantitative estimate of drug-likeness (QED) is 0.766. The van der Waals surface area contributed by atoms with Gasteiger partial charge in [0.15, 0.2) is 5.65 Å². The molecule has 1 N–H and O–H groups in total. The van der Waals surface area contributed by atoms with Crippen molar-refractivity contribution in [3.8, 4) is 0 Å². The summed E-state index contributed by atoms with van der Waals surface area (Å²) in [5, 5.41) is 8.99. The molecule has 4 heterocycles. The molecule has 0 aliphatic carbocycles. The van der Waals surface area contributed by atoms with Crippen LogP contribution in [0.25, 0.3) is 27.5 Å². The van der Waals surface area contributed by atoms with Crippen molar-refractivity contribution < 1.29 is 8.42 Å². The van der Waals surface area contributed by atoms with Crippen molar-refractivity contribution in [2.75, 3.05) is 19.3 Å². The molecule has 22 heavy (non-hydrogen) atoms. The lowest BCUT2D eigenvalue weighted by molar-refractivity contribution is 0.496. The highest BCUT2D eigenvalue weighted by atomic mass is 32.2. The lowest BCUT2D eigenvalue weighted by atomic mass is 10.0. The molecular weight excluding hydrogens is 302 g/mol. The van der Waals surface area contributed by atoms with Crippen molar-refractivity contribution >= 4 is 37.5 Å². The Balaban J connectivity index is 1.91. The van der Waals surface area contributed by atoms with E-state index in [1.165, 1.54) is 10.6 Å². The van der Waals surface area contributed by atoms with Gasteiger partial charge in [0.2, 0.25) is 10.0 Å². The minimum absolute atomic E-state index is 0.359. The zero-order valence-corrected chi connectivity index (χ0v) is 12.6. The van der Waals surface area contributed by atoms with Crippen LogP contribution in [-0.2, 0) is 10.0 Å². The fourth-order valence-electron chi connectivity index (χ4n) is 2.79. The number of hydrogen-bond acceptors (Lipinski definition) is 5. The summed E-state index contributed by atoms with van der Waals surface area (Å²) >= 11 is 0. The maximum atomic E-state index is 11.7. The van der Waals surface area contributed by atoms with Gasteiger partial charge >= 0.3 is 0 Å². The zero-order chi connectivity index (χ0) is 15.3. The number of nitrogens with zero attached hydrogens (tertiary/aromatic N) is 4. The third-order valence-corrected chi connectivity index (χ3v) is 5.10. The van der Waals surface area contributed by atoms with Crippen molar-refractivity contribution in [3.05, 3.63) is 36.3 Å². The topological polar surface area (TPSA) is 91.8 Å². The van der Waals surface area contributed by atoms with Gasteiger partial charge < -0.3 is 0 Å². The van der Waals surface area contributed by atoms with Crippen LogP contribution in [0.2, 0.25) is 0 Å². The minimum Gasteiger partial charge on any atom is -0.276 e. The second kappa shape index (κ2) is 4.59. The van der Waals surface area contributed by atoms with Crippen LogP contribution >= 0.6 is 0 Å². The van der Waals surface area contributed by atoms with E-state index in [2.05, 4.69) is 20.2 Å². The first-order valence-corrected chi connectivity index (χ1v) is 8.60. The summed E-state index contributed by atoms with van der Waals surface area (Å²) in [6, 6.07) is 1.91. The van der Waals surface area contributed by atoms with Gasteiger partial charge in [-0.1, -0.05) is 6.08 Å². The van der Waals surface area contributed by atoms with Crippen LogP contribution in [0.15, 0.2) is 30.7 Å². The lowest BCUT2D eigenvalue weighted by Crippen LogP contribution is -2.27. The minimum atomic E-state index is -3.20. The van der Waals surface area contributed by atoms with Crippen LogP contribution in [0.4, 0.5) is 0 Å². The molecule has 0 bridgehead atoms. The highest BCUT2D eigenvalue weighted by Crippen LogP contribution is 2.31. The number of rotatable bonds is 2. The molecule has 0 radical (unpaired) electrons. The summed E-state index contributed by atoms with van der Waals surface area (Å²) in [6.45, 7) is 0.749. The Hall–Kier alpha value is -2.32. The van der Waals surface area contributed by atoms with E-state index in [0.29, 0.717) is 18.7 Å². The maximum absolute atomic E-state index is 11.7. The molecule has 8 heteroatoms. The molecule has 0 atom stereocenters. The second-order valence-corrected chi connectivity index (χ2v) is 7.28. The fraction of sp³-hybridized carbons (Fsp3) is 0.214. The number of sulfonamides is 1. The predicted molar refractivity (Wildman–Crippen MR) is 83.6 cm³/mol. The third kappa shape index (κ3) is 1.99. The first-order chi connectivity index (χ1) is 10.5. The number of H-pyrrole nitrogens is 1. The van der Waals surface area contributed by atoms with Crippen molar-refractivity contribution in [2.45, 2.75) is 0 Å². The van der Waals surface area contributed by atoms with E-state index in [1.54, 1.807) is 18.6 Å². The van der Waals surface area contributed by atoms with E-state index < -0.39 is 10.0 Å². The van der Waals surface area contributed by atoms with E-state index in [4.69, 9.17) is 0 Å². The standard InChI is InChI=1S/C14H13N5O2S/c1-22(20,21)19-5-3-9(8-19)11-6-17-18-12-7-16-14-10(13(11)12)2-4-15-14/h2-4,6-7,18H,5,8H2,1H3. The Morgan fingerprint density at radius 3 is 2.91 bits per heavy atom. The summed E-state index contributed by atoms with van der Waals surface area (Å²) in [7, 11) is -3.20. The Kier molecular flexibility index (Phi) is 2.78. The molecule has 0 unspecified atom stereocenters. The molecule has 1 aliphatic rings. The Morgan fingerprint density at radius 2 is 2.14 bits per heavy atom. The van der Waals surface area contributed by atoms with E-state index in [9.17, 15) is 8.42 Å². The Bertz CT molecular complexity index is 1020. The van der Waals surface area contributed by atoms with Crippen LogP contribution in [0.1, 0.15) is 5.56 Å². The molecule has 0 amide bonds. The summed E-state index contributed by atoms with van der Waals surface area (Å²) in [5.74, 6) is 0. The molecule has 1 aliphatic heterocycles. The van der Waals surface area contributed by atoms with Crippen LogP contribution in [0, 0.1) is 0 Å². The highest BCUT2D eigenvalue weighted by molar-refractivity contribution is 7.88. The molecule has 0 aromatic carbocycles. The van der Waals surface area contributed by atoms with Gasteiger partial charge in [-0.05, 0) is 11.6 Å². The summed E-state index contributed by atoms with van der Waals surface area (Å²) in [6.07, 6.45) is 8.30. The number of nitrogens with one attached hydrogen (secondary N) is 1. The largest absolute Gasteiger partial charge is 0.276 e. The lowest BCUT2D eigenvalue weighted by Gasteiger charge is -2.13. The molecule has 0 saturated heterocycles. The van der Waals surface area contributed by atoms with Gasteiger partial charge in [0.05, 0.1) is 24.2 Å². The zero-order valence-electron chi connectivity index (χ0n) is 11.8. The van der Waals surface area contributed by atoms with E-state index in [-0.39, 0.29) is 0 Å². The van der Waals surface area contributed by atoms with E-state index in [0.717, 1.165) is 27.4 Å². The molecular formula is C14H13N5O2S. The molecule has 7 nitrogen and oxygen atoms in total. The van der Waals surface area contributed by atoms with E-state index in [1.807, 2.05) is 12.1 Å². The number of aromatic amines is 1. The normalized spacial score (nSPS) is 16.5.